The predicted molar refractivity (Wildman–Crippen MR) is 72.0 cm³/mol. The van der Waals surface area contributed by atoms with E-state index in [0.29, 0.717) is 6.42 Å². The average Bonchev–Trinajstić information content (AvgIpc) is 2.42. The zero-order chi connectivity index (χ0) is 13.0. The van der Waals surface area contributed by atoms with E-state index in [9.17, 15) is 4.79 Å². The average molecular weight is 248 g/mol. The fourth-order valence-corrected chi connectivity index (χ4v) is 2.20. The summed E-state index contributed by atoms with van der Waals surface area (Å²) in [6.45, 7) is 6.09. The Labute approximate surface area is 108 Å². The van der Waals surface area contributed by atoms with E-state index in [0.717, 1.165) is 37.3 Å². The van der Waals surface area contributed by atoms with Crippen LogP contribution in [0.25, 0.3) is 0 Å². The van der Waals surface area contributed by atoms with Gasteiger partial charge in [0.1, 0.15) is 0 Å². The topological polar surface area (TPSA) is 41.6 Å². The number of anilines is 1. The molecule has 0 aliphatic carbocycles. The number of nitrogens with zero attached hydrogens (tertiary/aromatic N) is 1. The SMILES string of the molecule is COC(=O)Cc1cc(N2CCNCC2)ccc1C. The van der Waals surface area contributed by atoms with Crippen molar-refractivity contribution in [1.29, 1.82) is 0 Å². The van der Waals surface area contributed by atoms with E-state index in [-0.39, 0.29) is 5.97 Å². The Morgan fingerprint density at radius 2 is 2.11 bits per heavy atom. The minimum Gasteiger partial charge on any atom is -0.469 e. The molecule has 98 valence electrons. The Hall–Kier alpha value is -1.55. The second-order valence-corrected chi connectivity index (χ2v) is 4.60. The minimum atomic E-state index is -0.185. The summed E-state index contributed by atoms with van der Waals surface area (Å²) in [6, 6.07) is 6.31. The fraction of sp³-hybridized carbons (Fsp3) is 0.500. The zero-order valence-corrected chi connectivity index (χ0v) is 11.0. The van der Waals surface area contributed by atoms with Crippen molar-refractivity contribution < 1.29 is 9.53 Å². The number of benzene rings is 1. The van der Waals surface area contributed by atoms with Crippen LogP contribution in [0, 0.1) is 6.92 Å². The van der Waals surface area contributed by atoms with Gasteiger partial charge in [-0.05, 0) is 30.2 Å². The minimum absolute atomic E-state index is 0.185. The molecule has 4 heteroatoms. The van der Waals surface area contributed by atoms with Gasteiger partial charge >= 0.3 is 5.97 Å². The van der Waals surface area contributed by atoms with Crippen molar-refractivity contribution in [2.75, 3.05) is 38.2 Å². The summed E-state index contributed by atoms with van der Waals surface area (Å²) < 4.78 is 4.73. The monoisotopic (exact) mass is 248 g/mol. The lowest BCUT2D eigenvalue weighted by Crippen LogP contribution is -2.43. The lowest BCUT2D eigenvalue weighted by Gasteiger charge is -2.30. The van der Waals surface area contributed by atoms with Gasteiger partial charge in [0, 0.05) is 31.9 Å². The van der Waals surface area contributed by atoms with E-state index < -0.39 is 0 Å². The molecule has 1 aromatic rings. The number of hydrogen-bond donors (Lipinski definition) is 1. The van der Waals surface area contributed by atoms with Crippen molar-refractivity contribution in [3.8, 4) is 0 Å². The van der Waals surface area contributed by atoms with Crippen molar-refractivity contribution in [3.63, 3.8) is 0 Å². The first-order valence-electron chi connectivity index (χ1n) is 6.32. The highest BCUT2D eigenvalue weighted by Gasteiger charge is 2.13. The van der Waals surface area contributed by atoms with Crippen molar-refractivity contribution in [2.45, 2.75) is 13.3 Å². The fourth-order valence-electron chi connectivity index (χ4n) is 2.20. The van der Waals surface area contributed by atoms with E-state index in [1.807, 2.05) is 6.92 Å². The number of aryl methyl sites for hydroxylation is 1. The lowest BCUT2D eigenvalue weighted by atomic mass is 10.0. The van der Waals surface area contributed by atoms with Gasteiger partial charge in [0.05, 0.1) is 13.5 Å². The molecule has 1 saturated heterocycles. The molecule has 1 heterocycles. The molecule has 0 amide bonds. The molecule has 1 N–H and O–H groups in total. The molecule has 0 saturated carbocycles. The molecular weight excluding hydrogens is 228 g/mol. The first-order chi connectivity index (χ1) is 8.70. The zero-order valence-electron chi connectivity index (χ0n) is 11.0. The molecule has 2 rings (SSSR count). The summed E-state index contributed by atoms with van der Waals surface area (Å²) >= 11 is 0. The first-order valence-corrected chi connectivity index (χ1v) is 6.32. The molecule has 4 nitrogen and oxygen atoms in total. The second kappa shape index (κ2) is 5.87. The summed E-state index contributed by atoms with van der Waals surface area (Å²) in [6.07, 6.45) is 0.349. The Bertz CT molecular complexity index is 426. The van der Waals surface area contributed by atoms with Crippen molar-refractivity contribution >= 4 is 11.7 Å². The van der Waals surface area contributed by atoms with Crippen LogP contribution in [-0.2, 0) is 16.0 Å². The number of methoxy groups -OCH3 is 1. The van der Waals surface area contributed by atoms with Gasteiger partial charge in [0.25, 0.3) is 0 Å². The van der Waals surface area contributed by atoms with Crippen LogP contribution in [0.2, 0.25) is 0 Å². The molecule has 18 heavy (non-hydrogen) atoms. The maximum atomic E-state index is 11.4. The number of carbonyl (C=O) groups is 1. The molecule has 0 unspecified atom stereocenters. The summed E-state index contributed by atoms with van der Waals surface area (Å²) in [4.78, 5) is 13.7. The van der Waals surface area contributed by atoms with Crippen LogP contribution < -0.4 is 10.2 Å². The summed E-state index contributed by atoms with van der Waals surface area (Å²) in [7, 11) is 1.43. The van der Waals surface area contributed by atoms with Crippen LogP contribution in [0.15, 0.2) is 18.2 Å². The van der Waals surface area contributed by atoms with Crippen LogP contribution in [0.3, 0.4) is 0 Å². The quantitative estimate of drug-likeness (QED) is 0.814. The second-order valence-electron chi connectivity index (χ2n) is 4.60. The molecular formula is C14H20N2O2. The van der Waals surface area contributed by atoms with Crippen LogP contribution in [-0.4, -0.2) is 39.3 Å². The largest absolute Gasteiger partial charge is 0.469 e. The smallest absolute Gasteiger partial charge is 0.309 e. The Morgan fingerprint density at radius 1 is 1.39 bits per heavy atom. The van der Waals surface area contributed by atoms with E-state index in [1.165, 1.54) is 12.8 Å². The number of esters is 1. The number of carbonyl (C=O) groups excluding carboxylic acids is 1. The Balaban J connectivity index is 2.16. The van der Waals surface area contributed by atoms with Gasteiger partial charge in [-0.1, -0.05) is 6.07 Å². The maximum absolute atomic E-state index is 11.4. The number of rotatable bonds is 3. The van der Waals surface area contributed by atoms with Gasteiger partial charge in [-0.25, -0.2) is 0 Å². The van der Waals surface area contributed by atoms with E-state index >= 15 is 0 Å². The Kier molecular flexibility index (Phi) is 4.20. The summed E-state index contributed by atoms with van der Waals surface area (Å²) in [5.74, 6) is -0.185. The van der Waals surface area contributed by atoms with Crippen LogP contribution in [0.4, 0.5) is 5.69 Å². The normalized spacial score (nSPS) is 15.6. The molecule has 0 radical (unpaired) electrons. The lowest BCUT2D eigenvalue weighted by molar-refractivity contribution is -0.139. The third-order valence-corrected chi connectivity index (χ3v) is 3.38. The summed E-state index contributed by atoms with van der Waals surface area (Å²) in [5.41, 5.74) is 3.39. The van der Waals surface area contributed by atoms with Crippen LogP contribution in [0.5, 0.6) is 0 Å². The molecule has 1 aromatic carbocycles. The molecule has 0 aromatic heterocycles. The highest BCUT2D eigenvalue weighted by atomic mass is 16.5. The third kappa shape index (κ3) is 3.01. The molecule has 1 fully saturated rings. The van der Waals surface area contributed by atoms with E-state index in [1.54, 1.807) is 0 Å². The highest BCUT2D eigenvalue weighted by molar-refractivity contribution is 5.73. The predicted octanol–water partition coefficient (Wildman–Crippen LogP) is 1.12. The molecule has 0 bridgehead atoms. The van der Waals surface area contributed by atoms with Gasteiger partial charge < -0.3 is 15.0 Å². The van der Waals surface area contributed by atoms with Gasteiger partial charge in [-0.2, -0.15) is 0 Å². The van der Waals surface area contributed by atoms with E-state index in [4.69, 9.17) is 4.74 Å². The van der Waals surface area contributed by atoms with Gasteiger partial charge in [-0.15, -0.1) is 0 Å². The first kappa shape index (κ1) is 12.9. The van der Waals surface area contributed by atoms with Crippen molar-refractivity contribution in [3.05, 3.63) is 29.3 Å². The van der Waals surface area contributed by atoms with Crippen LogP contribution >= 0.6 is 0 Å². The number of nitrogens with one attached hydrogen (secondary N) is 1. The van der Waals surface area contributed by atoms with Crippen LogP contribution in [0.1, 0.15) is 11.1 Å². The Morgan fingerprint density at radius 3 is 2.78 bits per heavy atom. The third-order valence-electron chi connectivity index (χ3n) is 3.38. The van der Waals surface area contributed by atoms with Gasteiger partial charge in [0.15, 0.2) is 0 Å². The highest BCUT2D eigenvalue weighted by Crippen LogP contribution is 2.20. The number of piperazine rings is 1. The summed E-state index contributed by atoms with van der Waals surface area (Å²) in [5, 5.41) is 3.34. The standard InChI is InChI=1S/C14H20N2O2/c1-11-3-4-13(16-7-5-15-6-8-16)9-12(11)10-14(17)18-2/h3-4,9,15H,5-8,10H2,1-2H3. The maximum Gasteiger partial charge on any atom is 0.309 e. The number of ether oxygens (including phenoxy) is 1. The van der Waals surface area contributed by atoms with E-state index in [2.05, 4.69) is 28.4 Å². The molecule has 1 aliphatic heterocycles. The van der Waals surface area contributed by atoms with Crippen molar-refractivity contribution in [1.82, 2.24) is 5.32 Å². The van der Waals surface area contributed by atoms with Gasteiger partial charge in [-0.3, -0.25) is 4.79 Å². The molecule has 0 atom stereocenters. The molecule has 0 spiro atoms. The van der Waals surface area contributed by atoms with Crippen molar-refractivity contribution in [2.24, 2.45) is 0 Å². The molecule has 1 aliphatic rings. The number of hydrogen-bond acceptors (Lipinski definition) is 4. The van der Waals surface area contributed by atoms with Gasteiger partial charge in [0.2, 0.25) is 0 Å².